The molecule has 2 aromatic rings. The van der Waals surface area contributed by atoms with Crippen LogP contribution in [0.2, 0.25) is 0 Å². The zero-order valence-corrected chi connectivity index (χ0v) is 10.9. The lowest BCUT2D eigenvalue weighted by atomic mass is 10.1. The van der Waals surface area contributed by atoms with Gasteiger partial charge < -0.3 is 4.90 Å². The molecule has 110 valence electrons. The Balaban J connectivity index is 2.08. The zero-order valence-electron chi connectivity index (χ0n) is 10.9. The second-order valence-corrected chi connectivity index (χ2v) is 4.79. The van der Waals surface area contributed by atoms with E-state index in [2.05, 4.69) is 9.97 Å². The molecule has 3 rings (SSSR count). The first-order valence-electron chi connectivity index (χ1n) is 6.39. The number of aromatic nitrogens is 2. The first-order valence-corrected chi connectivity index (χ1v) is 6.39. The summed E-state index contributed by atoms with van der Waals surface area (Å²) in [5.41, 5.74) is -0.597. The number of alkyl halides is 3. The van der Waals surface area contributed by atoms with Crippen molar-refractivity contribution in [3.8, 4) is 11.3 Å². The van der Waals surface area contributed by atoms with Crippen molar-refractivity contribution in [3.05, 3.63) is 42.1 Å². The Morgan fingerprint density at radius 3 is 2.43 bits per heavy atom. The topological polar surface area (TPSA) is 29.0 Å². The van der Waals surface area contributed by atoms with Gasteiger partial charge in [-0.05, 0) is 24.6 Å². The normalized spacial score (nSPS) is 15.0. The van der Waals surface area contributed by atoms with Crippen molar-refractivity contribution in [1.82, 2.24) is 9.97 Å². The molecule has 0 unspecified atom stereocenters. The smallest absolute Gasteiger partial charge is 0.370 e. The Morgan fingerprint density at radius 1 is 1.10 bits per heavy atom. The van der Waals surface area contributed by atoms with E-state index >= 15 is 0 Å². The van der Waals surface area contributed by atoms with Crippen molar-refractivity contribution in [3.63, 3.8) is 0 Å². The van der Waals surface area contributed by atoms with Gasteiger partial charge in [0.2, 0.25) is 0 Å². The number of pyridine rings is 2. The van der Waals surface area contributed by atoms with Gasteiger partial charge in [0.05, 0.1) is 17.6 Å². The number of hydrogen-bond acceptors (Lipinski definition) is 3. The maximum absolute atomic E-state index is 13.2. The summed E-state index contributed by atoms with van der Waals surface area (Å²) in [4.78, 5) is 8.94. The predicted octanol–water partition coefficient (Wildman–Crippen LogP) is 3.51. The molecule has 3 heterocycles. The van der Waals surface area contributed by atoms with Crippen LogP contribution in [0.25, 0.3) is 11.3 Å². The van der Waals surface area contributed by atoms with E-state index < -0.39 is 17.7 Å². The standard InChI is InChI=1S/C14H11F4N3/c15-10-6-9(7-19-8-10)11-2-3-12(21-4-1-5-21)13(20-11)14(16,17)18/h2-3,6-8H,1,4-5H2. The van der Waals surface area contributed by atoms with E-state index in [1.807, 2.05) is 0 Å². The fourth-order valence-corrected chi connectivity index (χ4v) is 2.19. The van der Waals surface area contributed by atoms with Crippen molar-refractivity contribution < 1.29 is 17.6 Å². The maximum Gasteiger partial charge on any atom is 0.435 e. The summed E-state index contributed by atoms with van der Waals surface area (Å²) in [6.07, 6.45) is -1.41. The highest BCUT2D eigenvalue weighted by Crippen LogP contribution is 2.38. The average Bonchev–Trinajstić information content (AvgIpc) is 2.36. The number of halogens is 4. The molecule has 0 aromatic carbocycles. The van der Waals surface area contributed by atoms with Crippen LogP contribution in [0.1, 0.15) is 12.1 Å². The fourth-order valence-electron chi connectivity index (χ4n) is 2.19. The second kappa shape index (κ2) is 4.98. The molecule has 21 heavy (non-hydrogen) atoms. The zero-order chi connectivity index (χ0) is 15.0. The SMILES string of the molecule is Fc1cncc(-c2ccc(N3CCC3)c(C(F)(F)F)n2)c1. The van der Waals surface area contributed by atoms with Crippen molar-refractivity contribution in [2.45, 2.75) is 12.6 Å². The van der Waals surface area contributed by atoms with E-state index in [0.717, 1.165) is 18.7 Å². The Kier molecular flexibility index (Phi) is 3.27. The summed E-state index contributed by atoms with van der Waals surface area (Å²) in [7, 11) is 0. The van der Waals surface area contributed by atoms with Crippen LogP contribution in [0.5, 0.6) is 0 Å². The Bertz CT molecular complexity index is 666. The van der Waals surface area contributed by atoms with Crippen molar-refractivity contribution >= 4 is 5.69 Å². The van der Waals surface area contributed by atoms with Crippen LogP contribution in [0.4, 0.5) is 23.2 Å². The maximum atomic E-state index is 13.2. The Hall–Kier alpha value is -2.18. The number of anilines is 1. The fraction of sp³-hybridized carbons (Fsp3) is 0.286. The summed E-state index contributed by atoms with van der Waals surface area (Å²) in [6, 6.07) is 3.95. The van der Waals surface area contributed by atoms with Gasteiger partial charge in [0.25, 0.3) is 0 Å². The molecule has 1 aliphatic rings. The molecule has 3 nitrogen and oxygen atoms in total. The van der Waals surface area contributed by atoms with Gasteiger partial charge in [-0.1, -0.05) is 0 Å². The number of rotatable bonds is 2. The third kappa shape index (κ3) is 2.68. The summed E-state index contributed by atoms with van der Waals surface area (Å²) >= 11 is 0. The van der Waals surface area contributed by atoms with Crippen molar-refractivity contribution in [1.29, 1.82) is 0 Å². The molecule has 0 aliphatic carbocycles. The van der Waals surface area contributed by atoms with E-state index in [4.69, 9.17) is 0 Å². The average molecular weight is 297 g/mol. The first kappa shape index (κ1) is 13.8. The van der Waals surface area contributed by atoms with Gasteiger partial charge in [-0.2, -0.15) is 13.2 Å². The minimum Gasteiger partial charge on any atom is -0.370 e. The molecule has 1 saturated heterocycles. The van der Waals surface area contributed by atoms with Gasteiger partial charge in [0.15, 0.2) is 5.69 Å². The lowest BCUT2D eigenvalue weighted by Crippen LogP contribution is -2.38. The quantitative estimate of drug-likeness (QED) is 0.794. The largest absolute Gasteiger partial charge is 0.435 e. The van der Waals surface area contributed by atoms with Gasteiger partial charge >= 0.3 is 6.18 Å². The second-order valence-electron chi connectivity index (χ2n) is 4.79. The van der Waals surface area contributed by atoms with Crippen LogP contribution in [0.15, 0.2) is 30.6 Å². The van der Waals surface area contributed by atoms with Crippen LogP contribution in [0.3, 0.4) is 0 Å². The van der Waals surface area contributed by atoms with E-state index in [-0.39, 0.29) is 16.9 Å². The molecule has 0 spiro atoms. The van der Waals surface area contributed by atoms with Crippen LogP contribution in [-0.2, 0) is 6.18 Å². The molecule has 0 saturated carbocycles. The minimum absolute atomic E-state index is 0.0543. The third-order valence-electron chi connectivity index (χ3n) is 3.34. The number of nitrogens with zero attached hydrogens (tertiary/aromatic N) is 3. The highest BCUT2D eigenvalue weighted by atomic mass is 19.4. The molecule has 0 N–H and O–H groups in total. The summed E-state index contributed by atoms with van der Waals surface area (Å²) in [5, 5.41) is 0. The third-order valence-corrected chi connectivity index (χ3v) is 3.34. The minimum atomic E-state index is -4.55. The van der Waals surface area contributed by atoms with Crippen LogP contribution >= 0.6 is 0 Å². The molecule has 0 amide bonds. The molecule has 1 aliphatic heterocycles. The van der Waals surface area contributed by atoms with Crippen molar-refractivity contribution in [2.75, 3.05) is 18.0 Å². The number of hydrogen-bond donors (Lipinski definition) is 0. The monoisotopic (exact) mass is 297 g/mol. The summed E-state index contributed by atoms with van der Waals surface area (Å²) < 4.78 is 52.6. The molecule has 0 atom stereocenters. The molecular weight excluding hydrogens is 286 g/mol. The van der Waals surface area contributed by atoms with E-state index in [1.54, 1.807) is 4.90 Å². The molecule has 0 bridgehead atoms. The van der Waals surface area contributed by atoms with Gasteiger partial charge in [-0.15, -0.1) is 0 Å². The highest BCUT2D eigenvalue weighted by molar-refractivity contribution is 5.64. The molecular formula is C14H11F4N3. The molecule has 2 aromatic heterocycles. The van der Waals surface area contributed by atoms with Gasteiger partial charge in [0, 0.05) is 24.8 Å². The molecule has 0 radical (unpaired) electrons. The van der Waals surface area contributed by atoms with Crippen LogP contribution in [-0.4, -0.2) is 23.1 Å². The first-order chi connectivity index (χ1) is 9.95. The van der Waals surface area contributed by atoms with Crippen LogP contribution in [0, 0.1) is 5.82 Å². The van der Waals surface area contributed by atoms with E-state index in [0.29, 0.717) is 13.1 Å². The van der Waals surface area contributed by atoms with E-state index in [1.165, 1.54) is 18.3 Å². The predicted molar refractivity (Wildman–Crippen MR) is 69.3 cm³/mol. The summed E-state index contributed by atoms with van der Waals surface area (Å²) in [5.74, 6) is -0.616. The molecule has 1 fully saturated rings. The van der Waals surface area contributed by atoms with Gasteiger partial charge in [-0.3, -0.25) is 4.98 Å². The van der Waals surface area contributed by atoms with Gasteiger partial charge in [0.1, 0.15) is 5.82 Å². The van der Waals surface area contributed by atoms with Gasteiger partial charge in [-0.25, -0.2) is 9.37 Å². The van der Waals surface area contributed by atoms with Crippen LogP contribution < -0.4 is 4.90 Å². The lowest BCUT2D eigenvalue weighted by molar-refractivity contribution is -0.140. The Morgan fingerprint density at radius 2 is 1.86 bits per heavy atom. The summed E-state index contributed by atoms with van der Waals surface area (Å²) in [6.45, 7) is 1.18. The highest BCUT2D eigenvalue weighted by Gasteiger charge is 2.38. The lowest BCUT2D eigenvalue weighted by Gasteiger charge is -2.34. The van der Waals surface area contributed by atoms with E-state index in [9.17, 15) is 17.6 Å². The van der Waals surface area contributed by atoms with Crippen molar-refractivity contribution in [2.24, 2.45) is 0 Å². The Labute approximate surface area is 118 Å². The molecule has 7 heteroatoms.